The summed E-state index contributed by atoms with van der Waals surface area (Å²) in [6.07, 6.45) is -33.8. The summed E-state index contributed by atoms with van der Waals surface area (Å²) in [5.74, 6) is -4.45. The van der Waals surface area contributed by atoms with E-state index in [9.17, 15) is 62.3 Å². The zero-order valence-electron chi connectivity index (χ0n) is 18.5. The van der Waals surface area contributed by atoms with Gasteiger partial charge in [0.25, 0.3) is 12.2 Å². The van der Waals surface area contributed by atoms with Crippen LogP contribution in [0, 0.1) is 0 Å². The number of carbonyl (C=O) groups is 2. The Labute approximate surface area is 188 Å². The molecule has 18 heteroatoms. The number of halogens is 12. The average molecular weight is 562 g/mol. The van der Waals surface area contributed by atoms with Gasteiger partial charge in [-0.15, -0.1) is 0 Å². The van der Waals surface area contributed by atoms with Gasteiger partial charge in [-0.2, -0.15) is 52.7 Å². The summed E-state index contributed by atoms with van der Waals surface area (Å²) < 4.78 is 161. The van der Waals surface area contributed by atoms with Crippen molar-refractivity contribution in [1.82, 2.24) is 0 Å². The zero-order chi connectivity index (χ0) is 27.9. The summed E-state index contributed by atoms with van der Waals surface area (Å²) in [4.78, 5) is 25.1. The van der Waals surface area contributed by atoms with Gasteiger partial charge in [0.05, 0.1) is 27.2 Å². The highest BCUT2D eigenvalue weighted by molar-refractivity contribution is 6.87. The van der Waals surface area contributed by atoms with Crippen molar-refractivity contribution in [1.29, 1.82) is 0 Å². The number of esters is 2. The number of hydrogen-bond acceptors (Lipinski definition) is 4. The van der Waals surface area contributed by atoms with Gasteiger partial charge >= 0.3 is 36.6 Å². The van der Waals surface area contributed by atoms with Gasteiger partial charge in [-0.1, -0.05) is 39.3 Å². The monoisotopic (exact) mass is 562 g/mol. The van der Waals surface area contributed by atoms with Gasteiger partial charge in [0.1, 0.15) is 0 Å². The molecule has 202 valence electrons. The van der Waals surface area contributed by atoms with Crippen molar-refractivity contribution in [3.8, 4) is 0 Å². The minimum absolute atomic E-state index is 1.17. The Morgan fingerprint density at radius 3 is 0.794 bits per heavy atom. The van der Waals surface area contributed by atoms with Gasteiger partial charge in [-0.05, 0) is 0 Å². The lowest BCUT2D eigenvalue weighted by Crippen LogP contribution is -2.53. The Morgan fingerprint density at radius 1 is 0.500 bits per heavy atom. The van der Waals surface area contributed by atoms with Crippen LogP contribution in [-0.4, -0.2) is 65.0 Å². The predicted molar refractivity (Wildman–Crippen MR) is 98.2 cm³/mol. The van der Waals surface area contributed by atoms with Crippen LogP contribution >= 0.6 is 0 Å². The van der Waals surface area contributed by atoms with E-state index in [0.717, 1.165) is 0 Å². The predicted octanol–water partition coefficient (Wildman–Crippen LogP) is 6.48. The molecule has 0 N–H and O–H groups in total. The molecule has 0 aromatic heterocycles. The highest BCUT2D eigenvalue weighted by Gasteiger charge is 2.63. The quantitative estimate of drug-likeness (QED) is 0.203. The average Bonchev–Trinajstić information content (AvgIpc) is 2.47. The molecule has 0 amide bonds. The third-order valence-electron chi connectivity index (χ3n) is 4.36. The summed E-state index contributed by atoms with van der Waals surface area (Å²) in [6, 6.07) is 0. The fraction of sp³-hybridized carbons (Fsp3) is 0.875. The van der Waals surface area contributed by atoms with Gasteiger partial charge in [-0.25, -0.2) is 0 Å². The van der Waals surface area contributed by atoms with Crippen LogP contribution in [0.4, 0.5) is 52.7 Å². The molecule has 0 radical (unpaired) electrons. The molecule has 0 aliphatic rings. The second kappa shape index (κ2) is 9.89. The van der Waals surface area contributed by atoms with Crippen LogP contribution in [0.25, 0.3) is 0 Å². The SMILES string of the molecule is C[Si](C)(C)[C@H](C(=O)OC(C(F)(F)F)C(F)(F)F)[C@H](C(=O)OC(C(F)(F)F)C(F)(F)F)[Si](C)(C)C. The Morgan fingerprint density at radius 2 is 0.676 bits per heavy atom. The number of ether oxygens (including phenoxy) is 2. The summed E-state index contributed by atoms with van der Waals surface area (Å²) in [5.41, 5.74) is -4.36. The van der Waals surface area contributed by atoms with Crippen LogP contribution in [0.5, 0.6) is 0 Å². The first-order valence-corrected chi connectivity index (χ1v) is 16.4. The third-order valence-corrected chi connectivity index (χ3v) is 9.57. The van der Waals surface area contributed by atoms with E-state index in [4.69, 9.17) is 0 Å². The minimum Gasteiger partial charge on any atom is -0.443 e. The Hall–Kier alpha value is -1.47. The lowest BCUT2D eigenvalue weighted by molar-refractivity contribution is -0.315. The fourth-order valence-corrected chi connectivity index (χ4v) is 9.82. The molecule has 0 unspecified atom stereocenters. The van der Waals surface area contributed by atoms with Crippen molar-refractivity contribution in [2.45, 2.75) is 87.3 Å². The van der Waals surface area contributed by atoms with Crippen LogP contribution < -0.4 is 0 Å². The second-order valence-electron chi connectivity index (χ2n) is 9.49. The first-order chi connectivity index (χ1) is 14.5. The van der Waals surface area contributed by atoms with Crippen LogP contribution in [0.3, 0.4) is 0 Å². The van der Waals surface area contributed by atoms with Gasteiger partial charge in [0.2, 0.25) is 0 Å². The highest BCUT2D eigenvalue weighted by atomic mass is 28.3. The summed E-state index contributed by atoms with van der Waals surface area (Å²) in [7, 11) is -6.90. The molecule has 0 aromatic rings. The summed E-state index contributed by atoms with van der Waals surface area (Å²) >= 11 is 0. The Balaban J connectivity index is 6.58. The largest absolute Gasteiger partial charge is 0.443 e. The van der Waals surface area contributed by atoms with E-state index < -0.39 is 76.1 Å². The molecule has 0 aliphatic carbocycles. The van der Waals surface area contributed by atoms with E-state index >= 15 is 0 Å². The van der Waals surface area contributed by atoms with Gasteiger partial charge < -0.3 is 9.47 Å². The van der Waals surface area contributed by atoms with Crippen molar-refractivity contribution in [2.75, 3.05) is 0 Å². The first kappa shape index (κ1) is 32.5. The normalized spacial score (nSPS) is 16.5. The Kier molecular flexibility index (Phi) is 9.46. The first-order valence-electron chi connectivity index (χ1n) is 9.20. The van der Waals surface area contributed by atoms with Crippen molar-refractivity contribution in [2.24, 2.45) is 0 Å². The molecule has 0 rings (SSSR count). The molecule has 0 saturated heterocycles. The molecule has 0 fully saturated rings. The van der Waals surface area contributed by atoms with Gasteiger partial charge in [0, 0.05) is 0 Å². The maximum Gasteiger partial charge on any atom is 0.434 e. The van der Waals surface area contributed by atoms with Crippen LogP contribution in [-0.2, 0) is 19.1 Å². The minimum atomic E-state index is -6.13. The van der Waals surface area contributed by atoms with Crippen molar-refractivity contribution >= 4 is 28.1 Å². The second-order valence-corrected chi connectivity index (χ2v) is 20.2. The van der Waals surface area contributed by atoms with Gasteiger partial charge in [0.15, 0.2) is 0 Å². The molecule has 4 nitrogen and oxygen atoms in total. The van der Waals surface area contributed by atoms with Crippen molar-refractivity contribution < 1.29 is 71.7 Å². The topological polar surface area (TPSA) is 52.6 Å². The van der Waals surface area contributed by atoms with E-state index in [1.165, 1.54) is 39.3 Å². The maximum atomic E-state index is 12.8. The number of rotatable bonds is 7. The molecule has 34 heavy (non-hydrogen) atoms. The lowest BCUT2D eigenvalue weighted by Gasteiger charge is -2.40. The van der Waals surface area contributed by atoms with Crippen molar-refractivity contribution in [3.63, 3.8) is 0 Å². The molecule has 0 aliphatic heterocycles. The fourth-order valence-electron chi connectivity index (χ4n) is 3.00. The molecule has 0 saturated carbocycles. The molecule has 0 heterocycles. The standard InChI is InChI=1S/C16H22F12O4Si2/c1-33(2,3)7(9(29)31-11(13(17,18)19)14(20,21)22)8(34(4,5)6)10(30)32-12(15(23,24)25)16(26,27)28/h7-8,11-12H,1-6H3/t7-,8+. The van der Waals surface area contributed by atoms with E-state index in [1.54, 1.807) is 0 Å². The number of carbonyl (C=O) groups excluding carboxylic acids is 2. The zero-order valence-corrected chi connectivity index (χ0v) is 20.5. The molecule has 0 bridgehead atoms. The Bertz CT molecular complexity index is 639. The highest BCUT2D eigenvalue weighted by Crippen LogP contribution is 2.46. The van der Waals surface area contributed by atoms with E-state index in [-0.39, 0.29) is 0 Å². The maximum absolute atomic E-state index is 12.8. The van der Waals surface area contributed by atoms with Crippen molar-refractivity contribution in [3.05, 3.63) is 0 Å². The van der Waals surface area contributed by atoms with Crippen LogP contribution in [0.15, 0.2) is 0 Å². The smallest absolute Gasteiger partial charge is 0.434 e. The number of alkyl halides is 12. The molecule has 0 spiro atoms. The molecular weight excluding hydrogens is 540 g/mol. The third kappa shape index (κ3) is 8.96. The summed E-state index contributed by atoms with van der Waals surface area (Å²) in [5, 5.41) is 0. The lowest BCUT2D eigenvalue weighted by atomic mass is 10.2. The van der Waals surface area contributed by atoms with Gasteiger partial charge in [-0.3, -0.25) is 9.59 Å². The molecule has 2 atom stereocenters. The molecular formula is C16H22F12O4Si2. The van der Waals surface area contributed by atoms with E-state index in [2.05, 4.69) is 9.47 Å². The summed E-state index contributed by atoms with van der Waals surface area (Å²) in [6.45, 7) is 7.00. The van der Waals surface area contributed by atoms with Crippen LogP contribution in [0.2, 0.25) is 50.4 Å². The van der Waals surface area contributed by atoms with E-state index in [1.807, 2.05) is 0 Å². The molecule has 0 aromatic carbocycles. The van der Waals surface area contributed by atoms with Crippen LogP contribution in [0.1, 0.15) is 0 Å². The van der Waals surface area contributed by atoms with E-state index in [0.29, 0.717) is 0 Å². The number of hydrogen-bond donors (Lipinski definition) is 0.